The zero-order valence-corrected chi connectivity index (χ0v) is 20.0. The number of hydrogen-bond acceptors (Lipinski definition) is 0. The normalized spacial score (nSPS) is 11.1. The third-order valence-corrected chi connectivity index (χ3v) is 15.1. The van der Waals surface area contributed by atoms with Gasteiger partial charge in [0.1, 0.15) is 0 Å². The van der Waals surface area contributed by atoms with Gasteiger partial charge in [-0.1, -0.05) is 0 Å². The first-order valence-corrected chi connectivity index (χ1v) is 16.1. The van der Waals surface area contributed by atoms with Crippen LogP contribution in [0.1, 0.15) is 6.42 Å². The Bertz CT molecular complexity index is 810. The molecule has 0 nitrogen and oxygen atoms in total. The summed E-state index contributed by atoms with van der Waals surface area (Å²) in [5.74, 6) is 0. The molecule has 0 fully saturated rings. The minimum absolute atomic E-state index is 0.290. The van der Waals surface area contributed by atoms with Gasteiger partial charge < -0.3 is 0 Å². The molecule has 0 atom stereocenters. The average Bonchev–Trinajstić information content (AvgIpc) is 2.81. The predicted octanol–water partition coefficient (Wildman–Crippen LogP) is 4.82. The van der Waals surface area contributed by atoms with Gasteiger partial charge in [0.25, 0.3) is 0 Å². The Morgan fingerprint density at radius 1 is 0.483 bits per heavy atom. The van der Waals surface area contributed by atoms with Crippen molar-refractivity contribution in [3.8, 4) is 0 Å². The molecular formula is C27H26PSb. The molecule has 0 aliphatic heterocycles. The van der Waals surface area contributed by atoms with Crippen LogP contribution in [-0.2, 0) is 0 Å². The van der Waals surface area contributed by atoms with E-state index in [1.165, 1.54) is 27.6 Å². The first-order chi connectivity index (χ1) is 14.4. The number of hydrogen-bond donors (Lipinski definition) is 0. The molecule has 2 heteroatoms. The van der Waals surface area contributed by atoms with Crippen molar-refractivity contribution in [3.63, 3.8) is 0 Å². The Morgan fingerprint density at radius 3 is 1.28 bits per heavy atom. The molecule has 0 aliphatic carbocycles. The van der Waals surface area contributed by atoms with E-state index in [1.54, 1.807) is 7.02 Å². The molecule has 0 radical (unpaired) electrons. The zero-order chi connectivity index (χ0) is 19.7. The van der Waals surface area contributed by atoms with Crippen molar-refractivity contribution in [1.82, 2.24) is 0 Å². The van der Waals surface area contributed by atoms with Crippen molar-refractivity contribution in [1.29, 1.82) is 0 Å². The molecule has 0 saturated carbocycles. The van der Waals surface area contributed by atoms with Crippen LogP contribution in [0.15, 0.2) is 121 Å². The van der Waals surface area contributed by atoms with Crippen LogP contribution in [0.2, 0.25) is 4.37 Å². The Labute approximate surface area is 183 Å². The summed E-state index contributed by atoms with van der Waals surface area (Å²) in [4.78, 5) is 0. The van der Waals surface area contributed by atoms with Crippen LogP contribution in [0, 0.1) is 0 Å². The molecule has 144 valence electrons. The van der Waals surface area contributed by atoms with Gasteiger partial charge in [-0.2, -0.15) is 0 Å². The Hall–Kier alpha value is -1.87. The SMILES string of the molecule is c1ccc(P(CC[CH2][Sb]([c]2ccccc2)[c]2ccccc2)c2ccccc2)cc1. The molecule has 0 spiro atoms. The van der Waals surface area contributed by atoms with E-state index in [0.717, 1.165) is 0 Å². The van der Waals surface area contributed by atoms with Crippen molar-refractivity contribution in [2.75, 3.05) is 6.16 Å². The molecule has 0 aliphatic rings. The van der Waals surface area contributed by atoms with Crippen molar-refractivity contribution < 1.29 is 0 Å². The zero-order valence-electron chi connectivity index (χ0n) is 16.6. The molecule has 0 bridgehead atoms. The molecule has 0 aromatic heterocycles. The minimum atomic E-state index is -1.71. The maximum atomic E-state index is 2.35. The van der Waals surface area contributed by atoms with Gasteiger partial charge in [-0.25, -0.2) is 0 Å². The molecule has 0 heterocycles. The van der Waals surface area contributed by atoms with E-state index in [9.17, 15) is 0 Å². The fraction of sp³-hybridized carbons (Fsp3) is 0.111. The third kappa shape index (κ3) is 5.60. The molecule has 0 unspecified atom stereocenters. The van der Waals surface area contributed by atoms with Crippen molar-refractivity contribution in [2.45, 2.75) is 10.8 Å². The van der Waals surface area contributed by atoms with Crippen LogP contribution in [0.5, 0.6) is 0 Å². The van der Waals surface area contributed by atoms with Gasteiger partial charge in [-0.05, 0) is 0 Å². The molecule has 4 aromatic carbocycles. The fourth-order valence-electron chi connectivity index (χ4n) is 3.63. The van der Waals surface area contributed by atoms with Gasteiger partial charge in [0.2, 0.25) is 0 Å². The van der Waals surface area contributed by atoms with Crippen molar-refractivity contribution in [3.05, 3.63) is 121 Å². The van der Waals surface area contributed by atoms with Crippen LogP contribution >= 0.6 is 7.92 Å². The summed E-state index contributed by atoms with van der Waals surface area (Å²) in [5, 5.41) is 2.99. The molecule has 4 rings (SSSR count). The molecule has 29 heavy (non-hydrogen) atoms. The van der Waals surface area contributed by atoms with E-state index >= 15 is 0 Å². The van der Waals surface area contributed by atoms with Crippen LogP contribution in [0.3, 0.4) is 0 Å². The predicted molar refractivity (Wildman–Crippen MR) is 131 cm³/mol. The van der Waals surface area contributed by atoms with Crippen LogP contribution in [-0.4, -0.2) is 26.4 Å². The van der Waals surface area contributed by atoms with Gasteiger partial charge in [-0.3, -0.25) is 0 Å². The quantitative estimate of drug-likeness (QED) is 0.239. The van der Waals surface area contributed by atoms with Crippen LogP contribution < -0.4 is 17.6 Å². The molecule has 0 N–H and O–H groups in total. The van der Waals surface area contributed by atoms with Gasteiger partial charge in [0.15, 0.2) is 0 Å². The van der Waals surface area contributed by atoms with E-state index < -0.39 is 20.2 Å². The van der Waals surface area contributed by atoms with Gasteiger partial charge >= 0.3 is 184 Å². The van der Waals surface area contributed by atoms with E-state index in [0.29, 0.717) is 0 Å². The topological polar surface area (TPSA) is 0 Å². The Morgan fingerprint density at radius 2 is 0.862 bits per heavy atom. The molecule has 0 saturated heterocycles. The molecule has 4 aromatic rings. The summed E-state index contributed by atoms with van der Waals surface area (Å²) in [6.07, 6.45) is 2.56. The fourth-order valence-corrected chi connectivity index (χ4v) is 13.4. The number of rotatable bonds is 8. The van der Waals surface area contributed by atoms with E-state index in [4.69, 9.17) is 0 Å². The summed E-state index contributed by atoms with van der Waals surface area (Å²) < 4.78 is 4.56. The first-order valence-electron chi connectivity index (χ1n) is 10.2. The summed E-state index contributed by atoms with van der Waals surface area (Å²) in [6, 6.07) is 44.7. The van der Waals surface area contributed by atoms with Crippen molar-refractivity contribution >= 4 is 45.8 Å². The van der Waals surface area contributed by atoms with E-state index in [1.807, 2.05) is 0 Å². The standard InChI is InChI=1S/C15H16P.2C6H5.Sb/c1-2-13-16(14-9-5-3-6-10-14)15-11-7-4-8-12-15;2*1-2-4-6-5-3-1;/h3-12H,1-2,13H2;2*1-5H;. The van der Waals surface area contributed by atoms with Gasteiger partial charge in [-0.15, -0.1) is 0 Å². The summed E-state index contributed by atoms with van der Waals surface area (Å²) >= 11 is -1.71. The Balaban J connectivity index is 1.53. The second-order valence-electron chi connectivity index (χ2n) is 7.00. The monoisotopic (exact) mass is 502 g/mol. The average molecular weight is 503 g/mol. The first kappa shape index (κ1) is 20.4. The maximum absolute atomic E-state index is 2.35. The van der Waals surface area contributed by atoms with Crippen molar-refractivity contribution in [2.24, 2.45) is 0 Å². The van der Waals surface area contributed by atoms with E-state index in [-0.39, 0.29) is 7.92 Å². The summed E-state index contributed by atoms with van der Waals surface area (Å²) in [7, 11) is -0.290. The third-order valence-electron chi connectivity index (χ3n) is 5.03. The second kappa shape index (κ2) is 10.8. The van der Waals surface area contributed by atoms with E-state index in [2.05, 4.69) is 121 Å². The summed E-state index contributed by atoms with van der Waals surface area (Å²) in [6.45, 7) is 0. The van der Waals surface area contributed by atoms with Crippen LogP contribution in [0.25, 0.3) is 0 Å². The second-order valence-corrected chi connectivity index (χ2v) is 16.0. The van der Waals surface area contributed by atoms with Crippen LogP contribution in [0.4, 0.5) is 0 Å². The Kier molecular flexibility index (Phi) is 7.58. The molecule has 0 amide bonds. The van der Waals surface area contributed by atoms with Gasteiger partial charge in [0, 0.05) is 0 Å². The van der Waals surface area contributed by atoms with Gasteiger partial charge in [0.05, 0.1) is 0 Å². The summed E-state index contributed by atoms with van der Waals surface area (Å²) in [5.41, 5.74) is 0. The molecular weight excluding hydrogens is 477 g/mol. The number of benzene rings is 4.